The lowest BCUT2D eigenvalue weighted by Gasteiger charge is -2.07. The molecule has 0 aliphatic rings. The Hall–Kier alpha value is -3.69. The molecule has 0 saturated heterocycles. The van der Waals surface area contributed by atoms with Crippen LogP contribution in [0.4, 0.5) is 17.1 Å². The molecule has 0 fully saturated rings. The lowest BCUT2D eigenvalue weighted by atomic mass is 10.1. The standard InChI is InChI=1S/C15H14N4O6/c1-2-11(9-3-6-14(20)15(21)7-9)16-17-12-5-4-10(18(22)23)8-13(12)19(24)25/h3-8,17,20-21H,2H2,1H3/b16-11-. The van der Waals surface area contributed by atoms with E-state index in [0.29, 0.717) is 17.7 Å². The molecule has 0 atom stereocenters. The summed E-state index contributed by atoms with van der Waals surface area (Å²) in [6, 6.07) is 7.30. The summed E-state index contributed by atoms with van der Waals surface area (Å²) in [4.78, 5) is 20.4. The second-order valence-electron chi connectivity index (χ2n) is 4.94. The number of nitro groups is 2. The maximum atomic E-state index is 11.1. The number of non-ortho nitro benzene ring substituents is 1. The van der Waals surface area contributed by atoms with Crippen LogP contribution in [0.15, 0.2) is 41.5 Å². The molecule has 0 unspecified atom stereocenters. The van der Waals surface area contributed by atoms with Crippen LogP contribution in [0.25, 0.3) is 0 Å². The van der Waals surface area contributed by atoms with E-state index in [9.17, 15) is 30.4 Å². The molecule has 2 aromatic carbocycles. The van der Waals surface area contributed by atoms with Crippen molar-refractivity contribution in [3.05, 3.63) is 62.2 Å². The van der Waals surface area contributed by atoms with Gasteiger partial charge in [0.05, 0.1) is 21.6 Å². The number of rotatable bonds is 6. The molecule has 0 aromatic heterocycles. The smallest absolute Gasteiger partial charge is 0.301 e. The highest BCUT2D eigenvalue weighted by Crippen LogP contribution is 2.29. The van der Waals surface area contributed by atoms with Crippen molar-refractivity contribution >= 4 is 22.8 Å². The number of hydrogen-bond acceptors (Lipinski definition) is 8. The predicted molar refractivity (Wildman–Crippen MR) is 90.0 cm³/mol. The Morgan fingerprint density at radius 1 is 1.08 bits per heavy atom. The maximum absolute atomic E-state index is 11.1. The summed E-state index contributed by atoms with van der Waals surface area (Å²) in [7, 11) is 0. The monoisotopic (exact) mass is 346 g/mol. The highest BCUT2D eigenvalue weighted by atomic mass is 16.6. The van der Waals surface area contributed by atoms with Gasteiger partial charge in [-0.05, 0) is 30.7 Å². The molecule has 10 heteroatoms. The summed E-state index contributed by atoms with van der Waals surface area (Å²) in [5.74, 6) is -0.599. The van der Waals surface area contributed by atoms with Crippen molar-refractivity contribution in [3.8, 4) is 11.5 Å². The molecule has 2 aromatic rings. The molecule has 3 N–H and O–H groups in total. The highest BCUT2D eigenvalue weighted by Gasteiger charge is 2.19. The third kappa shape index (κ3) is 3.99. The Bertz CT molecular complexity index is 865. The lowest BCUT2D eigenvalue weighted by Crippen LogP contribution is -2.04. The van der Waals surface area contributed by atoms with Crippen LogP contribution in [0.5, 0.6) is 11.5 Å². The molecule has 25 heavy (non-hydrogen) atoms. The van der Waals surface area contributed by atoms with E-state index in [2.05, 4.69) is 10.5 Å². The van der Waals surface area contributed by atoms with Crippen molar-refractivity contribution in [2.75, 3.05) is 5.43 Å². The van der Waals surface area contributed by atoms with E-state index in [1.165, 1.54) is 24.3 Å². The minimum absolute atomic E-state index is 0.00968. The highest BCUT2D eigenvalue weighted by molar-refractivity contribution is 6.01. The van der Waals surface area contributed by atoms with Crippen LogP contribution in [0, 0.1) is 20.2 Å². The number of phenols is 2. The topological polar surface area (TPSA) is 151 Å². The zero-order valence-electron chi connectivity index (χ0n) is 13.0. The van der Waals surface area contributed by atoms with Gasteiger partial charge in [0.15, 0.2) is 11.5 Å². The Kier molecular flexibility index (Phi) is 5.12. The van der Waals surface area contributed by atoms with Gasteiger partial charge in [0.25, 0.3) is 5.69 Å². The third-order valence-corrected chi connectivity index (χ3v) is 3.34. The summed E-state index contributed by atoms with van der Waals surface area (Å²) in [5.41, 5.74) is 2.60. The van der Waals surface area contributed by atoms with Crippen LogP contribution in [-0.4, -0.2) is 25.8 Å². The number of aromatic hydroxyl groups is 2. The first-order valence-electron chi connectivity index (χ1n) is 7.11. The van der Waals surface area contributed by atoms with Gasteiger partial charge >= 0.3 is 5.69 Å². The molecule has 0 radical (unpaired) electrons. The number of nitro benzene ring substituents is 2. The van der Waals surface area contributed by atoms with Crippen LogP contribution in [0.1, 0.15) is 18.9 Å². The summed E-state index contributed by atoms with van der Waals surface area (Å²) < 4.78 is 0. The van der Waals surface area contributed by atoms with E-state index in [0.717, 1.165) is 12.1 Å². The first kappa shape index (κ1) is 17.7. The summed E-state index contributed by atoms with van der Waals surface area (Å²) in [5, 5.41) is 44.8. The molecule has 0 saturated carbocycles. The number of nitrogens with zero attached hydrogens (tertiary/aromatic N) is 3. The molecule has 0 aliphatic heterocycles. The van der Waals surface area contributed by atoms with Crippen molar-refractivity contribution in [1.82, 2.24) is 0 Å². The van der Waals surface area contributed by atoms with E-state index in [-0.39, 0.29) is 17.2 Å². The van der Waals surface area contributed by atoms with E-state index >= 15 is 0 Å². The number of anilines is 1. The molecule has 2 rings (SSSR count). The predicted octanol–water partition coefficient (Wildman–Crippen LogP) is 3.14. The number of phenolic OH excluding ortho intramolecular Hbond substituents is 2. The second-order valence-corrected chi connectivity index (χ2v) is 4.94. The molecule has 10 nitrogen and oxygen atoms in total. The number of hydrogen-bond donors (Lipinski definition) is 3. The van der Waals surface area contributed by atoms with E-state index in [1.54, 1.807) is 6.92 Å². The van der Waals surface area contributed by atoms with Gasteiger partial charge in [-0.15, -0.1) is 0 Å². The normalized spacial score (nSPS) is 11.2. The van der Waals surface area contributed by atoms with Gasteiger partial charge in [0.1, 0.15) is 5.69 Å². The minimum atomic E-state index is -0.747. The van der Waals surface area contributed by atoms with Gasteiger partial charge in [-0.1, -0.05) is 6.92 Å². The van der Waals surface area contributed by atoms with Crippen LogP contribution < -0.4 is 5.43 Å². The first-order chi connectivity index (χ1) is 11.8. The van der Waals surface area contributed by atoms with Crippen LogP contribution in [-0.2, 0) is 0 Å². The number of nitrogens with one attached hydrogen (secondary N) is 1. The van der Waals surface area contributed by atoms with Crippen molar-refractivity contribution in [3.63, 3.8) is 0 Å². The Balaban J connectivity index is 2.36. The lowest BCUT2D eigenvalue weighted by molar-refractivity contribution is -0.393. The van der Waals surface area contributed by atoms with E-state index in [1.807, 2.05) is 0 Å². The molecule has 130 valence electrons. The fraction of sp³-hybridized carbons (Fsp3) is 0.133. The van der Waals surface area contributed by atoms with E-state index in [4.69, 9.17) is 0 Å². The van der Waals surface area contributed by atoms with Crippen LogP contribution >= 0.6 is 0 Å². The minimum Gasteiger partial charge on any atom is -0.504 e. The van der Waals surface area contributed by atoms with Gasteiger partial charge in [-0.2, -0.15) is 5.10 Å². The first-order valence-corrected chi connectivity index (χ1v) is 7.11. The summed E-state index contributed by atoms with van der Waals surface area (Å²) in [6.45, 7) is 1.79. The maximum Gasteiger partial charge on any atom is 0.301 e. The van der Waals surface area contributed by atoms with Crippen molar-refractivity contribution in [1.29, 1.82) is 0 Å². The van der Waals surface area contributed by atoms with Crippen LogP contribution in [0.2, 0.25) is 0 Å². The zero-order valence-corrected chi connectivity index (χ0v) is 13.0. The van der Waals surface area contributed by atoms with Gasteiger partial charge in [0, 0.05) is 11.6 Å². The molecular weight excluding hydrogens is 332 g/mol. The van der Waals surface area contributed by atoms with Crippen LogP contribution in [0.3, 0.4) is 0 Å². The van der Waals surface area contributed by atoms with Gasteiger partial charge in [-0.25, -0.2) is 0 Å². The van der Waals surface area contributed by atoms with Crippen molar-refractivity contribution < 1.29 is 20.1 Å². The van der Waals surface area contributed by atoms with Gasteiger partial charge < -0.3 is 10.2 Å². The largest absolute Gasteiger partial charge is 0.504 e. The van der Waals surface area contributed by atoms with Crippen molar-refractivity contribution in [2.24, 2.45) is 5.10 Å². The molecule has 0 aliphatic carbocycles. The zero-order chi connectivity index (χ0) is 18.6. The van der Waals surface area contributed by atoms with Gasteiger partial charge in [0.2, 0.25) is 0 Å². The van der Waals surface area contributed by atoms with E-state index < -0.39 is 21.2 Å². The quantitative estimate of drug-likeness (QED) is 0.314. The Morgan fingerprint density at radius 2 is 1.80 bits per heavy atom. The molecule has 0 spiro atoms. The third-order valence-electron chi connectivity index (χ3n) is 3.34. The summed E-state index contributed by atoms with van der Waals surface area (Å²) >= 11 is 0. The van der Waals surface area contributed by atoms with Gasteiger partial charge in [-0.3, -0.25) is 25.7 Å². The Morgan fingerprint density at radius 3 is 2.36 bits per heavy atom. The fourth-order valence-corrected chi connectivity index (χ4v) is 2.06. The fourth-order valence-electron chi connectivity index (χ4n) is 2.06. The average molecular weight is 346 g/mol. The average Bonchev–Trinajstić information content (AvgIpc) is 2.58. The molecular formula is C15H14N4O6. The number of hydrazone groups is 1. The SMILES string of the molecule is CC/C(=N/Nc1ccc([N+](=O)[O-])cc1[N+](=O)[O-])c1ccc(O)c(O)c1. The summed E-state index contributed by atoms with van der Waals surface area (Å²) in [6.07, 6.45) is 0.429. The molecule has 0 bridgehead atoms. The second kappa shape index (κ2) is 7.25. The Labute approximate surface area is 141 Å². The molecule has 0 amide bonds. The van der Waals surface area contributed by atoms with Crippen molar-refractivity contribution in [2.45, 2.75) is 13.3 Å². The molecule has 0 heterocycles. The number of benzene rings is 2.